The van der Waals surface area contributed by atoms with Gasteiger partial charge in [0.1, 0.15) is 6.10 Å². The monoisotopic (exact) mass is 339 g/mol. The van der Waals surface area contributed by atoms with Gasteiger partial charge in [0.15, 0.2) is 0 Å². The topological polar surface area (TPSA) is 71.5 Å². The molecular formula is C19H21N3O3. The van der Waals surface area contributed by atoms with Gasteiger partial charge in [-0.2, -0.15) is 0 Å². The summed E-state index contributed by atoms with van der Waals surface area (Å²) in [7, 11) is 0. The molecule has 3 rings (SSSR count). The Kier molecular flexibility index (Phi) is 5.28. The van der Waals surface area contributed by atoms with Gasteiger partial charge in [0, 0.05) is 30.8 Å². The van der Waals surface area contributed by atoms with E-state index in [9.17, 15) is 9.59 Å². The molecule has 2 aromatic rings. The molecule has 0 aliphatic carbocycles. The molecule has 6 nitrogen and oxygen atoms in total. The molecular weight excluding hydrogens is 318 g/mol. The lowest BCUT2D eigenvalue weighted by Crippen LogP contribution is -2.39. The van der Waals surface area contributed by atoms with Gasteiger partial charge < -0.3 is 15.0 Å². The van der Waals surface area contributed by atoms with E-state index in [1.807, 2.05) is 25.1 Å². The maximum absolute atomic E-state index is 12.3. The van der Waals surface area contributed by atoms with Gasteiger partial charge in [-0.15, -0.1) is 0 Å². The van der Waals surface area contributed by atoms with Crippen molar-refractivity contribution < 1.29 is 14.3 Å². The highest BCUT2D eigenvalue weighted by molar-refractivity contribution is 5.96. The van der Waals surface area contributed by atoms with Crippen LogP contribution in [0.2, 0.25) is 0 Å². The van der Waals surface area contributed by atoms with Crippen LogP contribution in [0.3, 0.4) is 0 Å². The molecule has 1 fully saturated rings. The van der Waals surface area contributed by atoms with Crippen LogP contribution in [-0.2, 0) is 4.79 Å². The number of ether oxygens (including phenoxy) is 1. The van der Waals surface area contributed by atoms with Crippen LogP contribution in [0.5, 0.6) is 5.88 Å². The molecule has 0 bridgehead atoms. The predicted molar refractivity (Wildman–Crippen MR) is 93.4 cm³/mol. The Balaban J connectivity index is 1.46. The molecule has 1 aliphatic rings. The molecule has 1 saturated heterocycles. The predicted octanol–water partition coefficient (Wildman–Crippen LogP) is 1.80. The number of aromatic nitrogens is 1. The number of amides is 2. The SMILES string of the molecule is Cc1ccc(OC2CCN(C(=O)CNC(=O)c3ccccc3)C2)nc1. The van der Waals surface area contributed by atoms with Gasteiger partial charge in [-0.05, 0) is 24.6 Å². The summed E-state index contributed by atoms with van der Waals surface area (Å²) in [6.45, 7) is 3.09. The first-order valence-corrected chi connectivity index (χ1v) is 8.32. The van der Waals surface area contributed by atoms with E-state index in [0.29, 0.717) is 24.5 Å². The Morgan fingerprint density at radius 2 is 2.04 bits per heavy atom. The van der Waals surface area contributed by atoms with E-state index in [4.69, 9.17) is 4.74 Å². The second kappa shape index (κ2) is 7.79. The molecule has 2 heterocycles. The van der Waals surface area contributed by atoms with Crippen LogP contribution < -0.4 is 10.1 Å². The number of benzene rings is 1. The smallest absolute Gasteiger partial charge is 0.251 e. The number of nitrogens with one attached hydrogen (secondary N) is 1. The van der Waals surface area contributed by atoms with Crippen LogP contribution >= 0.6 is 0 Å². The number of carbonyl (C=O) groups is 2. The minimum Gasteiger partial charge on any atom is -0.472 e. The van der Waals surface area contributed by atoms with Gasteiger partial charge in [0.2, 0.25) is 11.8 Å². The maximum Gasteiger partial charge on any atom is 0.251 e. The van der Waals surface area contributed by atoms with Gasteiger partial charge in [-0.1, -0.05) is 24.3 Å². The first kappa shape index (κ1) is 17.0. The lowest BCUT2D eigenvalue weighted by Gasteiger charge is -2.17. The number of rotatable bonds is 5. The van der Waals surface area contributed by atoms with E-state index in [2.05, 4.69) is 10.3 Å². The largest absolute Gasteiger partial charge is 0.472 e. The molecule has 130 valence electrons. The number of hydrogen-bond donors (Lipinski definition) is 1. The zero-order chi connectivity index (χ0) is 17.6. The van der Waals surface area contributed by atoms with Gasteiger partial charge in [0.25, 0.3) is 5.91 Å². The van der Waals surface area contributed by atoms with Crippen LogP contribution in [0.1, 0.15) is 22.3 Å². The average molecular weight is 339 g/mol. The molecule has 0 saturated carbocycles. The summed E-state index contributed by atoms with van der Waals surface area (Å²) in [6.07, 6.45) is 2.45. The zero-order valence-corrected chi connectivity index (χ0v) is 14.1. The number of pyridine rings is 1. The Labute approximate surface area is 146 Å². The maximum atomic E-state index is 12.3. The second-order valence-corrected chi connectivity index (χ2v) is 6.09. The van der Waals surface area contributed by atoms with Crippen molar-refractivity contribution in [2.75, 3.05) is 19.6 Å². The molecule has 1 unspecified atom stereocenters. The van der Waals surface area contributed by atoms with E-state index < -0.39 is 0 Å². The van der Waals surface area contributed by atoms with Gasteiger partial charge >= 0.3 is 0 Å². The van der Waals surface area contributed by atoms with E-state index in [1.165, 1.54) is 0 Å². The first-order valence-electron chi connectivity index (χ1n) is 8.32. The highest BCUT2D eigenvalue weighted by atomic mass is 16.5. The van der Waals surface area contributed by atoms with E-state index >= 15 is 0 Å². The summed E-state index contributed by atoms with van der Waals surface area (Å²) >= 11 is 0. The fourth-order valence-electron chi connectivity index (χ4n) is 2.70. The first-order chi connectivity index (χ1) is 12.1. The van der Waals surface area contributed by atoms with Crippen LogP contribution in [0.25, 0.3) is 0 Å². The number of nitrogens with zero attached hydrogens (tertiary/aromatic N) is 2. The van der Waals surface area contributed by atoms with Crippen molar-refractivity contribution in [1.29, 1.82) is 0 Å². The normalized spacial score (nSPS) is 16.5. The second-order valence-electron chi connectivity index (χ2n) is 6.09. The number of aryl methyl sites for hydroxylation is 1. The van der Waals surface area contributed by atoms with Crippen LogP contribution in [0.4, 0.5) is 0 Å². The Bertz CT molecular complexity index is 731. The summed E-state index contributed by atoms with van der Waals surface area (Å²) < 4.78 is 5.81. The van der Waals surface area contributed by atoms with Crippen molar-refractivity contribution in [3.63, 3.8) is 0 Å². The summed E-state index contributed by atoms with van der Waals surface area (Å²) in [5, 5.41) is 2.66. The van der Waals surface area contributed by atoms with E-state index in [1.54, 1.807) is 35.4 Å². The molecule has 1 aromatic heterocycles. The van der Waals surface area contributed by atoms with Crippen LogP contribution in [0.15, 0.2) is 48.7 Å². The molecule has 25 heavy (non-hydrogen) atoms. The highest BCUT2D eigenvalue weighted by Gasteiger charge is 2.27. The lowest BCUT2D eigenvalue weighted by molar-refractivity contribution is -0.129. The van der Waals surface area contributed by atoms with Crippen molar-refractivity contribution in [3.05, 3.63) is 59.8 Å². The van der Waals surface area contributed by atoms with Crippen molar-refractivity contribution in [2.45, 2.75) is 19.4 Å². The standard InChI is InChI=1S/C19H21N3O3/c1-14-7-8-17(20-11-14)25-16-9-10-22(13-16)18(23)12-21-19(24)15-5-3-2-4-6-15/h2-8,11,16H,9-10,12-13H2,1H3,(H,21,24). The number of hydrogen-bond acceptors (Lipinski definition) is 4. The fourth-order valence-corrected chi connectivity index (χ4v) is 2.70. The third-order valence-corrected chi connectivity index (χ3v) is 4.11. The van der Waals surface area contributed by atoms with E-state index in [-0.39, 0.29) is 24.5 Å². The Hall–Kier alpha value is -2.89. The number of carbonyl (C=O) groups excluding carboxylic acids is 2. The van der Waals surface area contributed by atoms with Crippen LogP contribution in [0, 0.1) is 6.92 Å². The Morgan fingerprint density at radius 3 is 2.76 bits per heavy atom. The van der Waals surface area contributed by atoms with Crippen molar-refractivity contribution in [2.24, 2.45) is 0 Å². The minimum atomic E-state index is -0.246. The lowest BCUT2D eigenvalue weighted by atomic mass is 10.2. The molecule has 1 N–H and O–H groups in total. The summed E-state index contributed by atoms with van der Waals surface area (Å²) in [5.74, 6) is 0.222. The summed E-state index contributed by atoms with van der Waals surface area (Å²) in [6, 6.07) is 12.6. The third kappa shape index (κ3) is 4.56. The van der Waals surface area contributed by atoms with Gasteiger partial charge in [0.05, 0.1) is 13.1 Å². The average Bonchev–Trinajstić information content (AvgIpc) is 3.10. The highest BCUT2D eigenvalue weighted by Crippen LogP contribution is 2.16. The third-order valence-electron chi connectivity index (χ3n) is 4.11. The molecule has 1 aromatic carbocycles. The van der Waals surface area contributed by atoms with E-state index in [0.717, 1.165) is 12.0 Å². The summed E-state index contributed by atoms with van der Waals surface area (Å²) in [5.41, 5.74) is 1.62. The number of likely N-dealkylation sites (tertiary alicyclic amines) is 1. The fraction of sp³-hybridized carbons (Fsp3) is 0.316. The van der Waals surface area contributed by atoms with Crippen LogP contribution in [-0.4, -0.2) is 47.4 Å². The van der Waals surface area contributed by atoms with Gasteiger partial charge in [-0.3, -0.25) is 9.59 Å². The van der Waals surface area contributed by atoms with Crippen molar-refractivity contribution in [1.82, 2.24) is 15.2 Å². The van der Waals surface area contributed by atoms with Crippen molar-refractivity contribution in [3.8, 4) is 5.88 Å². The minimum absolute atomic E-state index is 0.0107. The summed E-state index contributed by atoms with van der Waals surface area (Å²) in [4.78, 5) is 30.2. The van der Waals surface area contributed by atoms with Crippen molar-refractivity contribution >= 4 is 11.8 Å². The Morgan fingerprint density at radius 1 is 1.24 bits per heavy atom. The molecule has 0 spiro atoms. The molecule has 6 heteroatoms. The molecule has 0 radical (unpaired) electrons. The molecule has 2 amide bonds. The molecule has 1 atom stereocenters. The molecule has 1 aliphatic heterocycles. The zero-order valence-electron chi connectivity index (χ0n) is 14.1. The van der Waals surface area contributed by atoms with Gasteiger partial charge in [-0.25, -0.2) is 4.98 Å². The quantitative estimate of drug-likeness (QED) is 0.902.